The van der Waals surface area contributed by atoms with Crippen LogP contribution in [-0.4, -0.2) is 70.5 Å². The fourth-order valence-electron chi connectivity index (χ4n) is 3.56. The van der Waals surface area contributed by atoms with Crippen LogP contribution in [0, 0.1) is 5.92 Å². The van der Waals surface area contributed by atoms with E-state index in [-0.39, 0.29) is 24.5 Å². The number of nitrogens with two attached hydrogens (primary N) is 3. The number of carbonyl (C=O) groups is 5. The summed E-state index contributed by atoms with van der Waals surface area (Å²) in [5.41, 5.74) is 17.3. The lowest BCUT2D eigenvalue weighted by Gasteiger charge is -2.26. The SMILES string of the molecule is CCC(C)C(N)C(=O)NC(Cc1ccc(O)cc1)C(=O)NC(CC(N)=O)C(=O)NC(CCCCN)C(=O)O. The lowest BCUT2D eigenvalue weighted by atomic mass is 9.98. The summed E-state index contributed by atoms with van der Waals surface area (Å²) in [6.45, 7) is 4.01. The van der Waals surface area contributed by atoms with E-state index in [1.807, 2.05) is 6.92 Å². The van der Waals surface area contributed by atoms with Gasteiger partial charge in [-0.1, -0.05) is 32.4 Å². The normalized spacial score (nSPS) is 14.8. The summed E-state index contributed by atoms with van der Waals surface area (Å²) in [6, 6.07) is 1.09. The molecule has 5 atom stereocenters. The van der Waals surface area contributed by atoms with Gasteiger partial charge in [0.25, 0.3) is 0 Å². The first kappa shape index (κ1) is 32.3. The first-order chi connectivity index (χ1) is 17.9. The predicted octanol–water partition coefficient (Wildman–Crippen LogP) is -1.15. The highest BCUT2D eigenvalue weighted by molar-refractivity contribution is 5.96. The van der Waals surface area contributed by atoms with Gasteiger partial charge in [0, 0.05) is 6.42 Å². The van der Waals surface area contributed by atoms with E-state index in [0.29, 0.717) is 31.4 Å². The minimum atomic E-state index is -1.49. The number of carboxylic acids is 1. The van der Waals surface area contributed by atoms with Crippen molar-refractivity contribution in [3.05, 3.63) is 29.8 Å². The fraction of sp³-hybridized carbons (Fsp3) is 0.560. The zero-order valence-corrected chi connectivity index (χ0v) is 21.8. The van der Waals surface area contributed by atoms with Crippen molar-refractivity contribution in [2.24, 2.45) is 23.1 Å². The molecule has 0 aliphatic carbocycles. The number of aliphatic carboxylic acids is 1. The molecule has 0 spiro atoms. The summed E-state index contributed by atoms with van der Waals surface area (Å²) in [6.07, 6.45) is 1.10. The summed E-state index contributed by atoms with van der Waals surface area (Å²) >= 11 is 0. The summed E-state index contributed by atoms with van der Waals surface area (Å²) in [4.78, 5) is 62.1. The molecule has 13 nitrogen and oxygen atoms in total. The highest BCUT2D eigenvalue weighted by Gasteiger charge is 2.32. The summed E-state index contributed by atoms with van der Waals surface area (Å²) in [5, 5.41) is 26.3. The molecular formula is C25H40N6O7. The fourth-order valence-corrected chi connectivity index (χ4v) is 3.56. The zero-order chi connectivity index (χ0) is 28.8. The second kappa shape index (κ2) is 16.2. The average molecular weight is 537 g/mol. The minimum absolute atomic E-state index is 0.00946. The highest BCUT2D eigenvalue weighted by Crippen LogP contribution is 2.13. The second-order valence-electron chi connectivity index (χ2n) is 9.26. The third kappa shape index (κ3) is 11.1. The molecule has 0 aromatic heterocycles. The molecule has 0 aliphatic heterocycles. The minimum Gasteiger partial charge on any atom is -0.508 e. The molecule has 0 saturated heterocycles. The molecule has 212 valence electrons. The first-order valence-electron chi connectivity index (χ1n) is 12.5. The Morgan fingerprint density at radius 1 is 0.895 bits per heavy atom. The summed E-state index contributed by atoms with van der Waals surface area (Å²) in [7, 11) is 0. The molecule has 0 fully saturated rings. The third-order valence-corrected chi connectivity index (χ3v) is 6.17. The Balaban J connectivity index is 3.13. The number of hydrogen-bond donors (Lipinski definition) is 8. The molecule has 0 radical (unpaired) electrons. The number of unbranched alkanes of at least 4 members (excludes halogenated alkanes) is 1. The topological polar surface area (TPSA) is 240 Å². The number of benzene rings is 1. The van der Waals surface area contributed by atoms with Crippen LogP contribution in [0.4, 0.5) is 0 Å². The van der Waals surface area contributed by atoms with E-state index in [4.69, 9.17) is 17.2 Å². The lowest BCUT2D eigenvalue weighted by Crippen LogP contribution is -2.58. The number of rotatable bonds is 17. The molecule has 0 bridgehead atoms. The van der Waals surface area contributed by atoms with Crippen LogP contribution in [0.15, 0.2) is 24.3 Å². The van der Waals surface area contributed by atoms with Gasteiger partial charge in [0.1, 0.15) is 23.9 Å². The van der Waals surface area contributed by atoms with Crippen molar-refractivity contribution in [1.82, 2.24) is 16.0 Å². The van der Waals surface area contributed by atoms with Gasteiger partial charge in [0.2, 0.25) is 23.6 Å². The molecule has 1 aromatic carbocycles. The van der Waals surface area contributed by atoms with E-state index >= 15 is 0 Å². The van der Waals surface area contributed by atoms with Crippen LogP contribution in [-0.2, 0) is 30.4 Å². The lowest BCUT2D eigenvalue weighted by molar-refractivity contribution is -0.142. The monoisotopic (exact) mass is 536 g/mol. The van der Waals surface area contributed by atoms with Crippen LogP contribution in [0.5, 0.6) is 5.75 Å². The molecule has 13 heteroatoms. The molecular weight excluding hydrogens is 496 g/mol. The number of nitrogens with one attached hydrogen (secondary N) is 3. The van der Waals surface area contributed by atoms with Crippen molar-refractivity contribution in [3.8, 4) is 5.75 Å². The summed E-state index contributed by atoms with van der Waals surface area (Å²) < 4.78 is 0. The number of hydrogen-bond acceptors (Lipinski definition) is 8. The molecule has 11 N–H and O–H groups in total. The van der Waals surface area contributed by atoms with Gasteiger partial charge >= 0.3 is 5.97 Å². The maximum Gasteiger partial charge on any atom is 0.326 e. The van der Waals surface area contributed by atoms with Crippen LogP contribution in [0.1, 0.15) is 51.5 Å². The van der Waals surface area contributed by atoms with E-state index in [1.54, 1.807) is 19.1 Å². The van der Waals surface area contributed by atoms with E-state index in [1.165, 1.54) is 12.1 Å². The van der Waals surface area contributed by atoms with Crippen molar-refractivity contribution in [2.75, 3.05) is 6.54 Å². The standard InChI is InChI=1S/C25H40N6O7/c1-3-14(2)21(28)24(36)31-18(12-15-7-9-16(32)10-8-15)22(34)30-19(13-20(27)33)23(35)29-17(25(37)38)6-4-5-11-26/h7-10,14,17-19,21,32H,3-6,11-13,26,28H2,1-2H3,(H2,27,33)(H,29,35)(H,30,34)(H,31,36)(H,37,38). The Hall–Kier alpha value is -3.71. The van der Waals surface area contributed by atoms with Gasteiger partial charge in [0.05, 0.1) is 12.5 Å². The van der Waals surface area contributed by atoms with Crippen molar-refractivity contribution >= 4 is 29.6 Å². The largest absolute Gasteiger partial charge is 0.508 e. The number of carbonyl (C=O) groups excluding carboxylic acids is 4. The smallest absolute Gasteiger partial charge is 0.326 e. The Labute approximate surface area is 221 Å². The molecule has 38 heavy (non-hydrogen) atoms. The second-order valence-corrected chi connectivity index (χ2v) is 9.26. The van der Waals surface area contributed by atoms with Crippen molar-refractivity contribution < 1.29 is 34.2 Å². The maximum absolute atomic E-state index is 13.3. The van der Waals surface area contributed by atoms with Crippen LogP contribution >= 0.6 is 0 Å². The molecule has 1 rings (SSSR count). The average Bonchev–Trinajstić information content (AvgIpc) is 2.87. The third-order valence-electron chi connectivity index (χ3n) is 6.17. The van der Waals surface area contributed by atoms with Crippen molar-refractivity contribution in [1.29, 1.82) is 0 Å². The van der Waals surface area contributed by atoms with Gasteiger partial charge in [-0.3, -0.25) is 19.2 Å². The van der Waals surface area contributed by atoms with Gasteiger partial charge in [-0.15, -0.1) is 0 Å². The van der Waals surface area contributed by atoms with Gasteiger partial charge in [-0.2, -0.15) is 0 Å². The van der Waals surface area contributed by atoms with Crippen molar-refractivity contribution in [2.45, 2.75) is 76.5 Å². The number of amides is 4. The van der Waals surface area contributed by atoms with E-state index in [2.05, 4.69) is 16.0 Å². The molecule has 0 saturated carbocycles. The number of carboxylic acid groups (broad SMARTS) is 1. The molecule has 1 aromatic rings. The molecule has 0 heterocycles. The van der Waals surface area contributed by atoms with Crippen LogP contribution in [0.2, 0.25) is 0 Å². The number of phenolic OH excluding ortho intramolecular Hbond substituents is 1. The highest BCUT2D eigenvalue weighted by atomic mass is 16.4. The number of primary amides is 1. The van der Waals surface area contributed by atoms with Gasteiger partial charge in [0.15, 0.2) is 0 Å². The Morgan fingerprint density at radius 2 is 1.45 bits per heavy atom. The van der Waals surface area contributed by atoms with Gasteiger partial charge < -0.3 is 43.4 Å². The maximum atomic E-state index is 13.3. The van der Waals surface area contributed by atoms with Crippen molar-refractivity contribution in [3.63, 3.8) is 0 Å². The Morgan fingerprint density at radius 3 is 1.97 bits per heavy atom. The van der Waals surface area contributed by atoms with E-state index in [0.717, 1.165) is 0 Å². The first-order valence-corrected chi connectivity index (χ1v) is 12.5. The van der Waals surface area contributed by atoms with Crippen LogP contribution < -0.4 is 33.2 Å². The number of aromatic hydroxyl groups is 1. The van der Waals surface area contributed by atoms with Gasteiger partial charge in [-0.05, 0) is 49.4 Å². The Bertz CT molecular complexity index is 956. The molecule has 4 amide bonds. The van der Waals surface area contributed by atoms with Gasteiger partial charge in [-0.25, -0.2) is 4.79 Å². The van der Waals surface area contributed by atoms with Crippen LogP contribution in [0.3, 0.4) is 0 Å². The van der Waals surface area contributed by atoms with E-state index < -0.39 is 60.2 Å². The molecule has 5 unspecified atom stereocenters. The van der Waals surface area contributed by atoms with Crippen LogP contribution in [0.25, 0.3) is 0 Å². The zero-order valence-electron chi connectivity index (χ0n) is 21.8. The molecule has 0 aliphatic rings. The summed E-state index contributed by atoms with van der Waals surface area (Å²) in [5.74, 6) is -4.65. The Kier molecular flexibility index (Phi) is 13.8. The van der Waals surface area contributed by atoms with E-state index in [9.17, 15) is 34.2 Å². The number of phenols is 1. The quantitative estimate of drug-likeness (QED) is 0.112. The predicted molar refractivity (Wildman–Crippen MR) is 139 cm³/mol.